The van der Waals surface area contributed by atoms with E-state index in [1.54, 1.807) is 37.3 Å². The van der Waals surface area contributed by atoms with Gasteiger partial charge in [0.25, 0.3) is 5.91 Å². The van der Waals surface area contributed by atoms with Crippen molar-refractivity contribution < 1.29 is 14.7 Å². The molecular weight excluding hydrogens is 473 g/mol. The average molecular weight is 489 g/mol. The predicted octanol–water partition coefficient (Wildman–Crippen LogP) is 6.30. The molecule has 3 rings (SSSR count). The fourth-order valence-corrected chi connectivity index (χ4v) is 3.79. The summed E-state index contributed by atoms with van der Waals surface area (Å²) in [7, 11) is 0. The van der Waals surface area contributed by atoms with Crippen LogP contribution in [0.15, 0.2) is 48.0 Å². The summed E-state index contributed by atoms with van der Waals surface area (Å²) in [5.74, 6) is -1.77. The first-order valence-electron chi connectivity index (χ1n) is 9.23. The van der Waals surface area contributed by atoms with Gasteiger partial charge in [-0.15, -0.1) is 0 Å². The number of hydrogen-bond donors (Lipinski definition) is 2. The Kier molecular flexibility index (Phi) is 6.95. The number of aromatic carboxylic acids is 1. The van der Waals surface area contributed by atoms with E-state index in [9.17, 15) is 20.0 Å². The zero-order valence-corrected chi connectivity index (χ0v) is 19.2. The first-order valence-corrected chi connectivity index (χ1v) is 10.4. The van der Waals surface area contributed by atoms with Crippen molar-refractivity contribution in [1.29, 1.82) is 5.26 Å². The van der Waals surface area contributed by atoms with Crippen LogP contribution in [0.5, 0.6) is 0 Å². The van der Waals surface area contributed by atoms with Crippen LogP contribution in [0.3, 0.4) is 0 Å². The van der Waals surface area contributed by atoms with E-state index < -0.39 is 11.9 Å². The molecule has 1 amide bonds. The third-order valence-electron chi connectivity index (χ3n) is 4.77. The van der Waals surface area contributed by atoms with Gasteiger partial charge in [0.05, 0.1) is 26.3 Å². The Labute approximate surface area is 199 Å². The van der Waals surface area contributed by atoms with Crippen molar-refractivity contribution in [3.05, 3.63) is 85.6 Å². The van der Waals surface area contributed by atoms with Gasteiger partial charge < -0.3 is 15.0 Å². The number of benzene rings is 2. The fourth-order valence-electron chi connectivity index (χ4n) is 3.24. The molecule has 2 aromatic carbocycles. The maximum atomic E-state index is 12.7. The molecule has 6 nitrogen and oxygen atoms in total. The summed E-state index contributed by atoms with van der Waals surface area (Å²) in [6.07, 6.45) is 1.46. The maximum Gasteiger partial charge on any atom is 0.337 e. The van der Waals surface area contributed by atoms with Gasteiger partial charge in [-0.1, -0.05) is 40.9 Å². The van der Waals surface area contributed by atoms with E-state index in [2.05, 4.69) is 5.32 Å². The zero-order valence-electron chi connectivity index (χ0n) is 16.9. The van der Waals surface area contributed by atoms with Crippen LogP contribution < -0.4 is 5.32 Å². The van der Waals surface area contributed by atoms with Gasteiger partial charge in [0.1, 0.15) is 11.6 Å². The Morgan fingerprint density at radius 3 is 2.47 bits per heavy atom. The van der Waals surface area contributed by atoms with Crippen LogP contribution in [0.25, 0.3) is 11.8 Å². The van der Waals surface area contributed by atoms with Gasteiger partial charge in [-0.2, -0.15) is 5.26 Å². The Morgan fingerprint density at radius 2 is 1.81 bits per heavy atom. The molecule has 9 heteroatoms. The highest BCUT2D eigenvalue weighted by molar-refractivity contribution is 6.44. The molecule has 1 aromatic heterocycles. The smallest absolute Gasteiger partial charge is 0.337 e. The van der Waals surface area contributed by atoms with Crippen molar-refractivity contribution in [2.45, 2.75) is 13.8 Å². The number of carbonyl (C=O) groups excluding carboxylic acids is 1. The van der Waals surface area contributed by atoms with Crippen LogP contribution in [-0.2, 0) is 4.79 Å². The first-order chi connectivity index (χ1) is 15.1. The Hall–Kier alpha value is -3.24. The Balaban J connectivity index is 1.99. The van der Waals surface area contributed by atoms with Gasteiger partial charge in [-0.05, 0) is 61.9 Å². The molecule has 0 saturated carbocycles. The number of hydrogen-bond acceptors (Lipinski definition) is 3. The third-order valence-corrected chi connectivity index (χ3v) is 5.92. The maximum absolute atomic E-state index is 12.7. The number of carboxylic acid groups (broad SMARTS) is 1. The average Bonchev–Trinajstić information content (AvgIpc) is 3.02. The largest absolute Gasteiger partial charge is 0.478 e. The second-order valence-electron chi connectivity index (χ2n) is 6.86. The van der Waals surface area contributed by atoms with Crippen molar-refractivity contribution in [1.82, 2.24) is 4.57 Å². The van der Waals surface area contributed by atoms with Crippen LogP contribution in [-0.4, -0.2) is 21.6 Å². The predicted molar refractivity (Wildman–Crippen MR) is 126 cm³/mol. The van der Waals surface area contributed by atoms with Crippen LogP contribution in [0.2, 0.25) is 15.1 Å². The lowest BCUT2D eigenvalue weighted by Gasteiger charge is -2.11. The van der Waals surface area contributed by atoms with Crippen molar-refractivity contribution in [3.8, 4) is 11.8 Å². The molecule has 0 atom stereocenters. The molecule has 32 heavy (non-hydrogen) atoms. The number of carboxylic acids is 1. The molecule has 0 unspecified atom stereocenters. The van der Waals surface area contributed by atoms with E-state index in [1.807, 2.05) is 17.6 Å². The number of rotatable bonds is 5. The third kappa shape index (κ3) is 4.66. The van der Waals surface area contributed by atoms with E-state index in [0.717, 1.165) is 5.69 Å². The summed E-state index contributed by atoms with van der Waals surface area (Å²) < 4.78 is 1.81. The SMILES string of the molecule is Cc1cc(/C=C(/C#N)C(=O)Nc2cccc(Cl)c2Cl)c(C)n1-c1ccc(Cl)c(C(=O)O)c1. The number of halogens is 3. The van der Waals surface area contributed by atoms with Gasteiger partial charge in [0, 0.05) is 17.1 Å². The number of amides is 1. The number of aryl methyl sites for hydroxylation is 1. The summed E-state index contributed by atoms with van der Waals surface area (Å²) >= 11 is 18.1. The Morgan fingerprint density at radius 1 is 1.09 bits per heavy atom. The molecule has 0 aliphatic heterocycles. The van der Waals surface area contributed by atoms with Crippen LogP contribution in [0.4, 0.5) is 5.69 Å². The molecule has 0 radical (unpaired) electrons. The molecule has 0 aliphatic carbocycles. The van der Waals surface area contributed by atoms with E-state index >= 15 is 0 Å². The van der Waals surface area contributed by atoms with Crippen molar-refractivity contribution in [3.63, 3.8) is 0 Å². The van der Waals surface area contributed by atoms with Crippen molar-refractivity contribution in [2.75, 3.05) is 5.32 Å². The number of nitrogens with one attached hydrogen (secondary N) is 1. The van der Waals surface area contributed by atoms with Gasteiger partial charge in [-0.3, -0.25) is 4.79 Å². The first kappa shape index (κ1) is 23.4. The van der Waals surface area contributed by atoms with E-state index in [0.29, 0.717) is 16.9 Å². The summed E-state index contributed by atoms with van der Waals surface area (Å²) in [6, 6.07) is 13.2. The topological polar surface area (TPSA) is 95.1 Å². The van der Waals surface area contributed by atoms with Crippen LogP contribution >= 0.6 is 34.8 Å². The van der Waals surface area contributed by atoms with Crippen molar-refractivity contribution >= 4 is 58.4 Å². The molecule has 0 fully saturated rings. The molecule has 3 aromatic rings. The second kappa shape index (κ2) is 9.49. The quantitative estimate of drug-likeness (QED) is 0.325. The van der Waals surface area contributed by atoms with Crippen LogP contribution in [0, 0.1) is 25.2 Å². The van der Waals surface area contributed by atoms with Crippen LogP contribution in [0.1, 0.15) is 27.3 Å². The number of anilines is 1. The number of aromatic nitrogens is 1. The minimum Gasteiger partial charge on any atom is -0.478 e. The van der Waals surface area contributed by atoms with E-state index in [1.165, 1.54) is 18.2 Å². The molecule has 2 N–H and O–H groups in total. The minimum atomic E-state index is -1.14. The zero-order chi connectivity index (χ0) is 23.6. The standard InChI is InChI=1S/C23H16Cl3N3O3/c1-12-8-14(13(2)29(12)16-6-7-18(24)17(10-16)23(31)32)9-15(11-27)22(30)28-20-5-3-4-19(25)21(20)26/h3-10H,1-2H3,(H,28,30)(H,31,32)/b15-9-. The summed E-state index contributed by atoms with van der Waals surface area (Å²) in [5.41, 5.74) is 2.84. The Bertz CT molecular complexity index is 1320. The van der Waals surface area contributed by atoms with Gasteiger partial charge in [0.15, 0.2) is 0 Å². The number of carbonyl (C=O) groups is 2. The van der Waals surface area contributed by atoms with Gasteiger partial charge >= 0.3 is 5.97 Å². The lowest BCUT2D eigenvalue weighted by molar-refractivity contribution is -0.112. The molecule has 1 heterocycles. The van der Waals surface area contributed by atoms with E-state index in [4.69, 9.17) is 34.8 Å². The molecular formula is C23H16Cl3N3O3. The lowest BCUT2D eigenvalue weighted by atomic mass is 10.1. The highest BCUT2D eigenvalue weighted by atomic mass is 35.5. The number of nitrogens with zero attached hydrogens (tertiary/aromatic N) is 2. The minimum absolute atomic E-state index is 0.0238. The second-order valence-corrected chi connectivity index (χ2v) is 8.05. The lowest BCUT2D eigenvalue weighted by Crippen LogP contribution is -2.13. The summed E-state index contributed by atoms with van der Waals surface area (Å²) in [6.45, 7) is 3.63. The molecule has 0 spiro atoms. The monoisotopic (exact) mass is 487 g/mol. The van der Waals surface area contributed by atoms with E-state index in [-0.39, 0.29) is 31.9 Å². The fraction of sp³-hybridized carbons (Fsp3) is 0.0870. The molecule has 0 bridgehead atoms. The van der Waals surface area contributed by atoms with Gasteiger partial charge in [-0.25, -0.2) is 4.79 Å². The summed E-state index contributed by atoms with van der Waals surface area (Å²) in [4.78, 5) is 24.1. The number of nitriles is 1. The molecule has 162 valence electrons. The normalized spacial score (nSPS) is 11.2. The van der Waals surface area contributed by atoms with Crippen molar-refractivity contribution in [2.24, 2.45) is 0 Å². The summed E-state index contributed by atoms with van der Waals surface area (Å²) in [5, 5.41) is 22.1. The highest BCUT2D eigenvalue weighted by Crippen LogP contribution is 2.30. The van der Waals surface area contributed by atoms with Gasteiger partial charge in [0.2, 0.25) is 0 Å². The highest BCUT2D eigenvalue weighted by Gasteiger charge is 2.17. The molecule has 0 saturated heterocycles. The molecule has 0 aliphatic rings.